The van der Waals surface area contributed by atoms with Crippen molar-refractivity contribution >= 4 is 52.6 Å². The number of rotatable bonds is 7. The molecule has 1 atom stereocenters. The molecule has 1 unspecified atom stereocenters. The van der Waals surface area contributed by atoms with Gasteiger partial charge >= 0.3 is 12.1 Å². The maximum Gasteiger partial charge on any atom is 0.407 e. The maximum atomic E-state index is 13.0. The molecule has 0 saturated carbocycles. The van der Waals surface area contributed by atoms with Crippen molar-refractivity contribution in [3.05, 3.63) is 88.2 Å². The van der Waals surface area contributed by atoms with Gasteiger partial charge in [0.05, 0.1) is 24.9 Å². The van der Waals surface area contributed by atoms with Crippen LogP contribution in [0, 0.1) is 0 Å². The Balaban J connectivity index is 1.73. The number of benzene rings is 2. The first kappa shape index (κ1) is 28.1. The second-order valence-electron chi connectivity index (χ2n) is 9.00. The summed E-state index contributed by atoms with van der Waals surface area (Å²) in [5.41, 5.74) is 2.51. The lowest BCUT2D eigenvalue weighted by atomic mass is 9.91. The van der Waals surface area contributed by atoms with Crippen LogP contribution in [0.3, 0.4) is 0 Å². The summed E-state index contributed by atoms with van der Waals surface area (Å²) in [4.78, 5) is 43.7. The fraction of sp³-hybridized carbons (Fsp3) is 0.286. The molecule has 1 aliphatic heterocycles. The Morgan fingerprint density at radius 3 is 2.67 bits per heavy atom. The fourth-order valence-electron chi connectivity index (χ4n) is 4.72. The lowest BCUT2D eigenvalue weighted by molar-refractivity contribution is 0.0521. The normalized spacial score (nSPS) is 14.9. The molecule has 2 amide bonds. The molecule has 1 saturated heterocycles. The minimum absolute atomic E-state index is 0.0636. The van der Waals surface area contributed by atoms with E-state index in [2.05, 4.69) is 10.3 Å². The Morgan fingerprint density at radius 1 is 1.18 bits per heavy atom. The predicted octanol–water partition coefficient (Wildman–Crippen LogP) is 5.77. The third-order valence-corrected chi connectivity index (χ3v) is 7.10. The molecule has 0 spiro atoms. The number of aromatic nitrogens is 1. The summed E-state index contributed by atoms with van der Waals surface area (Å²) in [6, 6.07) is 15.2. The lowest BCUT2D eigenvalue weighted by Gasteiger charge is -2.36. The van der Waals surface area contributed by atoms with Gasteiger partial charge in [-0.1, -0.05) is 35.9 Å². The number of likely N-dealkylation sites (tertiary alicyclic amines) is 1. The number of aromatic amines is 1. The van der Waals surface area contributed by atoms with Crippen LogP contribution < -0.4 is 10.2 Å². The van der Waals surface area contributed by atoms with Crippen molar-refractivity contribution in [2.24, 2.45) is 0 Å². The quantitative estimate of drug-likeness (QED) is 0.245. The smallest absolute Gasteiger partial charge is 0.407 e. The first-order valence-corrected chi connectivity index (χ1v) is 13.4. The molecular weight excluding hydrogens is 540 g/mol. The summed E-state index contributed by atoms with van der Waals surface area (Å²) in [6.07, 6.45) is 2.90. The molecule has 11 heteroatoms. The zero-order valence-corrected chi connectivity index (χ0v) is 22.9. The van der Waals surface area contributed by atoms with Crippen LogP contribution in [0.5, 0.6) is 0 Å². The van der Waals surface area contributed by atoms with E-state index in [1.165, 1.54) is 4.90 Å². The summed E-state index contributed by atoms with van der Waals surface area (Å²) in [7, 11) is 0. The van der Waals surface area contributed by atoms with E-state index in [9.17, 15) is 19.5 Å². The SMILES string of the molecule is CCOC(=O)c1[nH]ccc1N(Cc1ccc(Cl)cc1C1CCCCN1C(=O)O)C(=S)NC(=O)c1ccccc1. The van der Waals surface area contributed by atoms with Crippen molar-refractivity contribution < 1.29 is 24.2 Å². The van der Waals surface area contributed by atoms with E-state index >= 15 is 0 Å². The second kappa shape index (κ2) is 12.8. The number of carboxylic acid groups (broad SMARTS) is 1. The summed E-state index contributed by atoms with van der Waals surface area (Å²) in [5, 5.41) is 13.2. The van der Waals surface area contributed by atoms with Crippen LogP contribution in [0.1, 0.15) is 64.2 Å². The third kappa shape index (κ3) is 6.58. The molecule has 204 valence electrons. The van der Waals surface area contributed by atoms with Gasteiger partial charge in [-0.05, 0) is 79.9 Å². The van der Waals surface area contributed by atoms with E-state index in [0.717, 1.165) is 24.0 Å². The standard InChI is InChI=1S/C28H29ClN4O5S/c1-2-38-26(35)24-23(13-14-30-24)33(27(39)31-25(34)18-8-4-3-5-9-18)17-19-11-12-20(29)16-21(19)22-10-6-7-15-32(22)28(36)37/h3-5,8-9,11-14,16,22,30H,2,6-7,10,15,17H2,1H3,(H,36,37)(H,31,34,39). The minimum atomic E-state index is -0.997. The number of H-pyrrole nitrogens is 1. The molecule has 1 aromatic heterocycles. The van der Waals surface area contributed by atoms with Gasteiger partial charge in [0, 0.05) is 23.3 Å². The largest absolute Gasteiger partial charge is 0.465 e. The number of anilines is 1. The van der Waals surface area contributed by atoms with Crippen molar-refractivity contribution in [2.45, 2.75) is 38.8 Å². The molecule has 9 nitrogen and oxygen atoms in total. The molecule has 0 radical (unpaired) electrons. The van der Waals surface area contributed by atoms with E-state index in [1.807, 2.05) is 6.07 Å². The number of nitrogens with one attached hydrogen (secondary N) is 2. The molecule has 39 heavy (non-hydrogen) atoms. The van der Waals surface area contributed by atoms with Crippen molar-refractivity contribution in [3.8, 4) is 0 Å². The number of ether oxygens (including phenoxy) is 1. The minimum Gasteiger partial charge on any atom is -0.465 e. The van der Waals surface area contributed by atoms with Gasteiger partial charge in [-0.15, -0.1) is 0 Å². The number of hydrogen-bond acceptors (Lipinski definition) is 5. The molecule has 3 aromatic rings. The molecular formula is C28H29ClN4O5S. The highest BCUT2D eigenvalue weighted by Gasteiger charge is 2.31. The molecule has 3 N–H and O–H groups in total. The van der Waals surface area contributed by atoms with Gasteiger partial charge < -0.3 is 24.6 Å². The number of amides is 2. The zero-order valence-electron chi connectivity index (χ0n) is 21.4. The number of halogens is 1. The Kier molecular flexibility index (Phi) is 9.21. The Labute approximate surface area is 236 Å². The van der Waals surface area contributed by atoms with Crippen molar-refractivity contribution in [2.75, 3.05) is 18.1 Å². The van der Waals surface area contributed by atoms with E-state index in [-0.39, 0.29) is 24.0 Å². The summed E-state index contributed by atoms with van der Waals surface area (Å²) in [6.45, 7) is 2.45. The third-order valence-electron chi connectivity index (χ3n) is 6.54. The molecule has 4 rings (SSSR count). The fourth-order valence-corrected chi connectivity index (χ4v) is 5.16. The van der Waals surface area contributed by atoms with Gasteiger partial charge in [0.25, 0.3) is 5.91 Å². The average Bonchev–Trinajstić information content (AvgIpc) is 3.42. The van der Waals surface area contributed by atoms with Gasteiger partial charge in [-0.2, -0.15) is 0 Å². The van der Waals surface area contributed by atoms with Crippen LogP contribution in [-0.2, 0) is 11.3 Å². The number of carbonyl (C=O) groups is 3. The summed E-state index contributed by atoms with van der Waals surface area (Å²) >= 11 is 12.1. The van der Waals surface area contributed by atoms with Gasteiger partial charge in [0.1, 0.15) is 5.69 Å². The number of nitrogens with zero attached hydrogens (tertiary/aromatic N) is 2. The van der Waals surface area contributed by atoms with Gasteiger partial charge in [0.2, 0.25) is 0 Å². The Hall–Kier alpha value is -3.89. The van der Waals surface area contributed by atoms with E-state index < -0.39 is 24.0 Å². The van der Waals surface area contributed by atoms with Gasteiger partial charge in [-0.3, -0.25) is 10.1 Å². The average molecular weight is 569 g/mol. The predicted molar refractivity (Wildman–Crippen MR) is 152 cm³/mol. The highest BCUT2D eigenvalue weighted by molar-refractivity contribution is 7.80. The molecule has 2 aromatic carbocycles. The van der Waals surface area contributed by atoms with Crippen LogP contribution in [0.2, 0.25) is 5.02 Å². The van der Waals surface area contributed by atoms with E-state index in [0.29, 0.717) is 29.2 Å². The number of piperidine rings is 1. The molecule has 1 fully saturated rings. The first-order chi connectivity index (χ1) is 18.8. The molecule has 1 aliphatic rings. The number of thiocarbonyl (C=S) groups is 1. The van der Waals surface area contributed by atoms with Crippen LogP contribution in [0.15, 0.2) is 60.8 Å². The lowest BCUT2D eigenvalue weighted by Crippen LogP contribution is -2.43. The number of esters is 1. The second-order valence-corrected chi connectivity index (χ2v) is 9.82. The molecule has 0 aliphatic carbocycles. The van der Waals surface area contributed by atoms with E-state index in [4.69, 9.17) is 28.6 Å². The first-order valence-electron chi connectivity index (χ1n) is 12.6. The Morgan fingerprint density at radius 2 is 1.95 bits per heavy atom. The summed E-state index contributed by atoms with van der Waals surface area (Å²) < 4.78 is 5.22. The number of hydrogen-bond donors (Lipinski definition) is 3. The van der Waals surface area contributed by atoms with Crippen molar-refractivity contribution in [1.29, 1.82) is 0 Å². The maximum absolute atomic E-state index is 13.0. The molecule has 0 bridgehead atoms. The van der Waals surface area contributed by atoms with Gasteiger partial charge in [-0.25, -0.2) is 9.59 Å². The van der Waals surface area contributed by atoms with Crippen molar-refractivity contribution in [1.82, 2.24) is 15.2 Å². The highest BCUT2D eigenvalue weighted by Crippen LogP contribution is 2.36. The summed E-state index contributed by atoms with van der Waals surface area (Å²) in [5.74, 6) is -0.972. The zero-order chi connectivity index (χ0) is 27.9. The monoisotopic (exact) mass is 568 g/mol. The van der Waals surface area contributed by atoms with Crippen molar-refractivity contribution in [3.63, 3.8) is 0 Å². The van der Waals surface area contributed by atoms with Crippen LogP contribution in [0.4, 0.5) is 10.5 Å². The van der Waals surface area contributed by atoms with Crippen LogP contribution >= 0.6 is 23.8 Å². The topological polar surface area (TPSA) is 115 Å². The van der Waals surface area contributed by atoms with Crippen LogP contribution in [-0.4, -0.2) is 51.2 Å². The highest BCUT2D eigenvalue weighted by atomic mass is 35.5. The Bertz CT molecular complexity index is 1360. The van der Waals surface area contributed by atoms with E-state index in [1.54, 1.807) is 66.6 Å². The van der Waals surface area contributed by atoms with Gasteiger partial charge in [0.15, 0.2) is 5.11 Å². The van der Waals surface area contributed by atoms with Crippen LogP contribution in [0.25, 0.3) is 0 Å². The number of carbonyl (C=O) groups excluding carboxylic acids is 2. The molecule has 2 heterocycles.